The van der Waals surface area contributed by atoms with E-state index in [1.807, 2.05) is 0 Å². The molecule has 0 radical (unpaired) electrons. The van der Waals surface area contributed by atoms with Crippen LogP contribution in [0.4, 0.5) is 0 Å². The minimum absolute atomic E-state index is 0.0530. The molecule has 0 heterocycles. The van der Waals surface area contributed by atoms with Gasteiger partial charge in [-0.15, -0.1) is 0 Å². The average molecular weight is 619 g/mol. The van der Waals surface area contributed by atoms with Crippen LogP contribution in [-0.4, -0.2) is 114 Å². The van der Waals surface area contributed by atoms with E-state index >= 15 is 0 Å². The summed E-state index contributed by atoms with van der Waals surface area (Å²) >= 11 is 1.52. The van der Waals surface area contributed by atoms with Crippen LogP contribution in [0, 0.1) is 16.7 Å². The molecule has 0 saturated carbocycles. The molecule has 0 rings (SSSR count). The highest BCUT2D eigenvalue weighted by Crippen LogP contribution is 2.57. The summed E-state index contributed by atoms with van der Waals surface area (Å²) in [4.78, 5) is 48.9. The SMILES string of the molecule is CNCC(CNC)CSP(=O)(O)OCC(C)(C(=O)CSC(=O)C(C)(C)C)C(=O)OCCOCCOCCOC. The van der Waals surface area contributed by atoms with Crippen LogP contribution in [0.3, 0.4) is 0 Å². The lowest BCUT2D eigenvalue weighted by atomic mass is 9.87. The topological polar surface area (TPSA) is 159 Å². The Balaban J connectivity index is 5.18. The quantitative estimate of drug-likeness (QED) is 0.0660. The zero-order valence-electron chi connectivity index (χ0n) is 24.2. The molecule has 0 aliphatic carbocycles. The lowest BCUT2D eigenvalue weighted by molar-refractivity contribution is -0.162. The standard InChI is InChI=1S/C24H47N2O10PS2/c1-23(2,3)22(29)38-17-20(27)24(4,21(28)35-13-12-34-11-10-33-9-8-32-7)18-36-37(30,31)39-16-19(14-25-5)15-26-6/h19,25-26H,8-18H2,1-7H3,(H,30,31). The Morgan fingerprint density at radius 3 is 1.97 bits per heavy atom. The predicted octanol–water partition coefficient (Wildman–Crippen LogP) is 2.00. The van der Waals surface area contributed by atoms with E-state index < -0.39 is 36.0 Å². The van der Waals surface area contributed by atoms with E-state index in [0.717, 1.165) is 23.1 Å². The first-order chi connectivity index (χ1) is 18.2. The normalized spacial score (nSPS) is 15.1. The number of Topliss-reactive ketones (excluding diaryl/α,β-unsaturated/α-hetero) is 1. The number of nitrogens with one attached hydrogen (secondary N) is 2. The van der Waals surface area contributed by atoms with Gasteiger partial charge in [0.1, 0.15) is 12.0 Å². The molecule has 15 heteroatoms. The largest absolute Gasteiger partial charge is 0.462 e. The maximum atomic E-state index is 13.1. The van der Waals surface area contributed by atoms with Crippen LogP contribution in [0.25, 0.3) is 0 Å². The van der Waals surface area contributed by atoms with Gasteiger partial charge in [-0.1, -0.05) is 32.5 Å². The minimum Gasteiger partial charge on any atom is -0.462 e. The van der Waals surface area contributed by atoms with Gasteiger partial charge in [0.25, 0.3) is 0 Å². The first-order valence-corrected chi connectivity index (χ1v) is 16.8. The maximum absolute atomic E-state index is 13.1. The summed E-state index contributed by atoms with van der Waals surface area (Å²) in [5, 5.41) is 5.83. The summed E-state index contributed by atoms with van der Waals surface area (Å²) in [5.74, 6) is -1.51. The van der Waals surface area contributed by atoms with Crippen molar-refractivity contribution in [1.82, 2.24) is 10.6 Å². The Hall–Kier alpha value is -0.540. The molecule has 0 spiro atoms. The van der Waals surface area contributed by atoms with Crippen molar-refractivity contribution < 1.29 is 47.3 Å². The van der Waals surface area contributed by atoms with Gasteiger partial charge in [-0.2, -0.15) is 0 Å². The van der Waals surface area contributed by atoms with Gasteiger partial charge >= 0.3 is 12.8 Å². The number of methoxy groups -OCH3 is 1. The number of ether oxygens (including phenoxy) is 4. The van der Waals surface area contributed by atoms with Crippen molar-refractivity contribution in [3.63, 3.8) is 0 Å². The number of rotatable bonds is 23. The van der Waals surface area contributed by atoms with E-state index in [1.54, 1.807) is 42.0 Å². The van der Waals surface area contributed by atoms with Gasteiger partial charge in [-0.3, -0.25) is 18.9 Å². The van der Waals surface area contributed by atoms with Gasteiger partial charge < -0.3 is 34.5 Å². The maximum Gasteiger partial charge on any atom is 0.386 e. The molecule has 0 fully saturated rings. The fourth-order valence-corrected chi connectivity index (χ4v) is 6.52. The van der Waals surface area contributed by atoms with Crippen LogP contribution in [0.2, 0.25) is 0 Å². The predicted molar refractivity (Wildman–Crippen MR) is 154 cm³/mol. The average Bonchev–Trinajstić information content (AvgIpc) is 2.87. The molecule has 3 N–H and O–H groups in total. The van der Waals surface area contributed by atoms with E-state index in [4.69, 9.17) is 23.5 Å². The summed E-state index contributed by atoms with van der Waals surface area (Å²) in [6, 6.07) is 0. The van der Waals surface area contributed by atoms with E-state index in [0.29, 0.717) is 38.7 Å². The lowest BCUT2D eigenvalue weighted by Gasteiger charge is -2.27. The second-order valence-corrected chi connectivity index (χ2v) is 14.8. The van der Waals surface area contributed by atoms with Gasteiger partial charge in [-0.25, -0.2) is 4.57 Å². The fourth-order valence-electron chi connectivity index (χ4n) is 2.79. The summed E-state index contributed by atoms with van der Waals surface area (Å²) in [7, 11) is 5.15. The highest BCUT2D eigenvalue weighted by molar-refractivity contribution is 8.54. The molecular formula is C24H47N2O10PS2. The fraction of sp³-hybridized carbons (Fsp3) is 0.875. The van der Waals surface area contributed by atoms with Crippen LogP contribution in [-0.2, 0) is 42.4 Å². The summed E-state index contributed by atoms with van der Waals surface area (Å²) < 4.78 is 38.8. The summed E-state index contributed by atoms with van der Waals surface area (Å²) in [5.41, 5.74) is -2.58. The van der Waals surface area contributed by atoms with E-state index in [-0.39, 0.29) is 36.6 Å². The van der Waals surface area contributed by atoms with Gasteiger partial charge in [0, 0.05) is 18.3 Å². The summed E-state index contributed by atoms with van der Waals surface area (Å²) in [6.07, 6.45) is 0. The molecule has 39 heavy (non-hydrogen) atoms. The van der Waals surface area contributed by atoms with E-state index in [9.17, 15) is 23.8 Å². The number of hydrogen-bond acceptors (Lipinski definition) is 13. The van der Waals surface area contributed by atoms with Crippen LogP contribution in [0.15, 0.2) is 0 Å². The van der Waals surface area contributed by atoms with Gasteiger partial charge in [0.15, 0.2) is 10.9 Å². The number of carbonyl (C=O) groups is 3. The molecule has 0 aliphatic rings. The number of thioether (sulfide) groups is 1. The van der Waals surface area contributed by atoms with Crippen LogP contribution in [0.1, 0.15) is 27.7 Å². The highest BCUT2D eigenvalue weighted by Gasteiger charge is 2.45. The first kappa shape index (κ1) is 38.5. The Morgan fingerprint density at radius 2 is 1.46 bits per heavy atom. The molecule has 230 valence electrons. The summed E-state index contributed by atoms with van der Waals surface area (Å²) in [6.45, 7) is 4.26. The third-order valence-electron chi connectivity index (χ3n) is 5.25. The number of hydrogen-bond donors (Lipinski definition) is 3. The second-order valence-electron chi connectivity index (χ2n) is 9.95. The molecule has 0 aromatic rings. The Labute approximate surface area is 241 Å². The van der Waals surface area contributed by atoms with E-state index in [1.165, 1.54) is 6.92 Å². The molecule has 2 atom stereocenters. The monoisotopic (exact) mass is 618 g/mol. The van der Waals surface area contributed by atoms with Gasteiger partial charge in [0.05, 0.1) is 45.4 Å². The van der Waals surface area contributed by atoms with Crippen LogP contribution in [0.5, 0.6) is 0 Å². The van der Waals surface area contributed by atoms with Crippen LogP contribution >= 0.6 is 29.9 Å². The Bertz CT molecular complexity index is 778. The highest BCUT2D eigenvalue weighted by atomic mass is 32.7. The van der Waals surface area contributed by atoms with Gasteiger partial charge in [-0.05, 0) is 51.4 Å². The van der Waals surface area contributed by atoms with Crippen molar-refractivity contribution in [2.75, 3.05) is 92.0 Å². The number of esters is 1. The zero-order valence-corrected chi connectivity index (χ0v) is 26.8. The molecule has 2 unspecified atom stereocenters. The van der Waals surface area contributed by atoms with Crippen molar-refractivity contribution >= 4 is 46.8 Å². The van der Waals surface area contributed by atoms with Crippen molar-refractivity contribution in [3.05, 3.63) is 0 Å². The first-order valence-electron chi connectivity index (χ1n) is 12.7. The second kappa shape index (κ2) is 20.4. The Morgan fingerprint density at radius 1 is 0.923 bits per heavy atom. The van der Waals surface area contributed by atoms with Crippen molar-refractivity contribution in [3.8, 4) is 0 Å². The van der Waals surface area contributed by atoms with Gasteiger partial charge in [0.2, 0.25) is 0 Å². The lowest BCUT2D eigenvalue weighted by Crippen LogP contribution is -2.43. The zero-order chi connectivity index (χ0) is 30.0. The molecule has 0 amide bonds. The third-order valence-corrected chi connectivity index (χ3v) is 9.68. The van der Waals surface area contributed by atoms with Crippen molar-refractivity contribution in [2.45, 2.75) is 27.7 Å². The smallest absolute Gasteiger partial charge is 0.386 e. The van der Waals surface area contributed by atoms with Crippen LogP contribution < -0.4 is 10.6 Å². The minimum atomic E-state index is -4.21. The molecule has 12 nitrogen and oxygen atoms in total. The van der Waals surface area contributed by atoms with Crippen molar-refractivity contribution in [1.29, 1.82) is 0 Å². The molecular weight excluding hydrogens is 571 g/mol. The molecule has 0 aromatic heterocycles. The molecule has 0 aliphatic heterocycles. The van der Waals surface area contributed by atoms with E-state index in [2.05, 4.69) is 10.6 Å². The number of carbonyl (C=O) groups excluding carboxylic acids is 3. The van der Waals surface area contributed by atoms with Crippen molar-refractivity contribution in [2.24, 2.45) is 16.7 Å². The molecule has 0 bridgehead atoms. The Kier molecular flexibility index (Phi) is 20.1. The third kappa shape index (κ3) is 17.1. The number of ketones is 1. The molecule has 0 aromatic carbocycles. The molecule has 0 saturated heterocycles.